The number of aromatic amines is 1. The molecule has 1 fully saturated rings. The summed E-state index contributed by atoms with van der Waals surface area (Å²) in [6.45, 7) is 2.12. The van der Waals surface area contributed by atoms with Gasteiger partial charge in [-0.15, -0.1) is 0 Å². The largest absolute Gasteiger partial charge is 0.508 e. The number of imidazole rings is 1. The highest BCUT2D eigenvalue weighted by Crippen LogP contribution is 2.20. The fourth-order valence-corrected chi connectivity index (χ4v) is 2.31. The van der Waals surface area contributed by atoms with Crippen LogP contribution >= 0.6 is 0 Å². The molecule has 0 amide bonds. The monoisotopic (exact) mass is 234 g/mol. The van der Waals surface area contributed by atoms with Crippen LogP contribution in [0.2, 0.25) is 0 Å². The molecular weight excluding hydrogens is 220 g/mol. The van der Waals surface area contributed by atoms with Crippen LogP contribution in [0.1, 0.15) is 6.42 Å². The van der Waals surface area contributed by atoms with Crippen LogP contribution in [-0.4, -0.2) is 27.9 Å². The van der Waals surface area contributed by atoms with Crippen LogP contribution < -0.4 is 5.69 Å². The van der Waals surface area contributed by atoms with E-state index < -0.39 is 0 Å². The number of fused-ring (bicyclic) bond motifs is 1. The molecule has 1 aliphatic heterocycles. The SMILES string of the molecule is O=c1[nH]c2ccc(O)cc2n1CC1CCOC1. The minimum atomic E-state index is -0.127. The van der Waals surface area contributed by atoms with Gasteiger partial charge >= 0.3 is 5.69 Å². The molecule has 17 heavy (non-hydrogen) atoms. The Kier molecular flexibility index (Phi) is 2.40. The number of phenolic OH excluding ortho intramolecular Hbond substituents is 1. The molecular formula is C12H14N2O3. The zero-order valence-electron chi connectivity index (χ0n) is 9.35. The highest BCUT2D eigenvalue weighted by atomic mass is 16.5. The maximum absolute atomic E-state index is 11.8. The van der Waals surface area contributed by atoms with Gasteiger partial charge in [-0.3, -0.25) is 4.57 Å². The molecule has 2 heterocycles. The number of aromatic hydroxyl groups is 1. The van der Waals surface area contributed by atoms with Crippen molar-refractivity contribution in [3.8, 4) is 5.75 Å². The molecule has 3 rings (SSSR count). The van der Waals surface area contributed by atoms with Gasteiger partial charge in [-0.2, -0.15) is 0 Å². The van der Waals surface area contributed by atoms with Gasteiger partial charge in [-0.25, -0.2) is 4.79 Å². The molecule has 1 unspecified atom stereocenters. The first-order valence-corrected chi connectivity index (χ1v) is 5.73. The molecule has 0 radical (unpaired) electrons. The molecule has 0 spiro atoms. The van der Waals surface area contributed by atoms with E-state index in [2.05, 4.69) is 4.98 Å². The quantitative estimate of drug-likeness (QED) is 0.816. The van der Waals surface area contributed by atoms with Crippen LogP contribution in [0.15, 0.2) is 23.0 Å². The molecule has 0 bridgehead atoms. The first kappa shape index (κ1) is 10.4. The van der Waals surface area contributed by atoms with Crippen molar-refractivity contribution in [2.45, 2.75) is 13.0 Å². The van der Waals surface area contributed by atoms with Gasteiger partial charge in [-0.05, 0) is 18.6 Å². The number of nitrogens with zero attached hydrogens (tertiary/aromatic N) is 1. The highest BCUT2D eigenvalue weighted by Gasteiger charge is 2.18. The van der Waals surface area contributed by atoms with Crippen molar-refractivity contribution in [3.05, 3.63) is 28.7 Å². The third-order valence-corrected chi connectivity index (χ3v) is 3.22. The van der Waals surface area contributed by atoms with E-state index in [4.69, 9.17) is 4.74 Å². The summed E-state index contributed by atoms with van der Waals surface area (Å²) in [4.78, 5) is 14.6. The molecule has 1 atom stereocenters. The molecule has 0 aliphatic carbocycles. The van der Waals surface area contributed by atoms with Crippen molar-refractivity contribution in [2.75, 3.05) is 13.2 Å². The summed E-state index contributed by atoms with van der Waals surface area (Å²) in [7, 11) is 0. The van der Waals surface area contributed by atoms with Crippen molar-refractivity contribution in [1.29, 1.82) is 0 Å². The molecule has 2 aromatic rings. The van der Waals surface area contributed by atoms with Crippen LogP contribution in [0.25, 0.3) is 11.0 Å². The Bertz CT molecular complexity index is 593. The van der Waals surface area contributed by atoms with Gasteiger partial charge in [0.05, 0.1) is 17.6 Å². The van der Waals surface area contributed by atoms with E-state index in [0.717, 1.165) is 24.1 Å². The summed E-state index contributed by atoms with van der Waals surface area (Å²) in [6.07, 6.45) is 0.984. The summed E-state index contributed by atoms with van der Waals surface area (Å²) < 4.78 is 6.98. The van der Waals surface area contributed by atoms with E-state index in [1.165, 1.54) is 0 Å². The number of nitrogens with one attached hydrogen (secondary N) is 1. The highest BCUT2D eigenvalue weighted by molar-refractivity contribution is 5.76. The molecule has 5 nitrogen and oxygen atoms in total. The fraction of sp³-hybridized carbons (Fsp3) is 0.417. The molecule has 0 saturated carbocycles. The van der Waals surface area contributed by atoms with Crippen LogP contribution in [-0.2, 0) is 11.3 Å². The maximum atomic E-state index is 11.8. The summed E-state index contributed by atoms with van der Waals surface area (Å²) in [5.41, 5.74) is 1.38. The molecule has 1 saturated heterocycles. The lowest BCUT2D eigenvalue weighted by Crippen LogP contribution is -2.21. The summed E-state index contributed by atoms with van der Waals surface area (Å²) >= 11 is 0. The minimum absolute atomic E-state index is 0.127. The Labute approximate surface area is 97.6 Å². The second kappa shape index (κ2) is 3.92. The van der Waals surface area contributed by atoms with Gasteiger partial charge in [0.15, 0.2) is 0 Å². The molecule has 1 aliphatic rings. The number of phenols is 1. The average Bonchev–Trinajstić information content (AvgIpc) is 2.90. The van der Waals surface area contributed by atoms with Gasteiger partial charge in [0, 0.05) is 25.1 Å². The first-order valence-electron chi connectivity index (χ1n) is 5.73. The standard InChI is InChI=1S/C12H14N2O3/c15-9-1-2-10-11(5-9)14(12(16)13-10)6-8-3-4-17-7-8/h1-2,5,8,15H,3-4,6-7H2,(H,13,16). The number of H-pyrrole nitrogens is 1. The van der Waals surface area contributed by atoms with Gasteiger partial charge < -0.3 is 14.8 Å². The third kappa shape index (κ3) is 1.82. The Morgan fingerprint density at radius 2 is 2.41 bits per heavy atom. The summed E-state index contributed by atoms with van der Waals surface area (Å²) in [5.74, 6) is 0.557. The minimum Gasteiger partial charge on any atom is -0.508 e. The van der Waals surface area contributed by atoms with Crippen LogP contribution in [0.3, 0.4) is 0 Å². The topological polar surface area (TPSA) is 67.2 Å². The predicted molar refractivity (Wildman–Crippen MR) is 63.1 cm³/mol. The number of aromatic nitrogens is 2. The number of benzene rings is 1. The van der Waals surface area contributed by atoms with E-state index in [-0.39, 0.29) is 11.4 Å². The normalized spacial score (nSPS) is 20.1. The van der Waals surface area contributed by atoms with Crippen LogP contribution in [0.5, 0.6) is 5.75 Å². The Hall–Kier alpha value is -1.75. The second-order valence-corrected chi connectivity index (χ2v) is 4.47. The average molecular weight is 234 g/mol. The smallest absolute Gasteiger partial charge is 0.326 e. The summed E-state index contributed by atoms with van der Waals surface area (Å²) in [6, 6.07) is 4.90. The molecule has 5 heteroatoms. The number of ether oxygens (including phenoxy) is 1. The predicted octanol–water partition coefficient (Wildman–Crippen LogP) is 1.07. The lowest BCUT2D eigenvalue weighted by Gasteiger charge is -2.08. The van der Waals surface area contributed by atoms with E-state index in [1.807, 2.05) is 0 Å². The zero-order chi connectivity index (χ0) is 11.8. The van der Waals surface area contributed by atoms with Gasteiger partial charge in [-0.1, -0.05) is 0 Å². The van der Waals surface area contributed by atoms with Crippen molar-refractivity contribution in [3.63, 3.8) is 0 Å². The maximum Gasteiger partial charge on any atom is 0.326 e. The Balaban J connectivity index is 2.04. The van der Waals surface area contributed by atoms with Gasteiger partial charge in [0.2, 0.25) is 0 Å². The Morgan fingerprint density at radius 1 is 1.53 bits per heavy atom. The molecule has 1 aromatic carbocycles. The van der Waals surface area contributed by atoms with Crippen molar-refractivity contribution in [2.24, 2.45) is 5.92 Å². The van der Waals surface area contributed by atoms with Crippen LogP contribution in [0.4, 0.5) is 0 Å². The third-order valence-electron chi connectivity index (χ3n) is 3.22. The summed E-state index contributed by atoms with van der Waals surface area (Å²) in [5, 5.41) is 9.47. The fourth-order valence-electron chi connectivity index (χ4n) is 2.31. The molecule has 2 N–H and O–H groups in total. The Morgan fingerprint density at radius 3 is 3.18 bits per heavy atom. The van der Waals surface area contributed by atoms with Crippen molar-refractivity contribution < 1.29 is 9.84 Å². The molecule has 1 aromatic heterocycles. The molecule has 90 valence electrons. The first-order chi connectivity index (χ1) is 8.24. The van der Waals surface area contributed by atoms with Crippen LogP contribution in [0, 0.1) is 5.92 Å². The zero-order valence-corrected chi connectivity index (χ0v) is 9.35. The number of hydrogen-bond acceptors (Lipinski definition) is 3. The second-order valence-electron chi connectivity index (χ2n) is 4.47. The van der Waals surface area contributed by atoms with Gasteiger partial charge in [0.25, 0.3) is 0 Å². The van der Waals surface area contributed by atoms with Gasteiger partial charge in [0.1, 0.15) is 5.75 Å². The van der Waals surface area contributed by atoms with E-state index in [0.29, 0.717) is 19.1 Å². The van der Waals surface area contributed by atoms with Crippen molar-refractivity contribution >= 4 is 11.0 Å². The lowest BCUT2D eigenvalue weighted by atomic mass is 10.1. The number of rotatable bonds is 2. The van der Waals surface area contributed by atoms with E-state index >= 15 is 0 Å². The lowest BCUT2D eigenvalue weighted by molar-refractivity contribution is 0.182. The van der Waals surface area contributed by atoms with Crippen molar-refractivity contribution in [1.82, 2.24) is 9.55 Å². The van der Waals surface area contributed by atoms with E-state index in [9.17, 15) is 9.90 Å². The van der Waals surface area contributed by atoms with E-state index in [1.54, 1.807) is 22.8 Å². The number of hydrogen-bond donors (Lipinski definition) is 2.